The highest BCUT2D eigenvalue weighted by atomic mass is 16.5. The maximum atomic E-state index is 12.6. The topological polar surface area (TPSA) is 93.7 Å². The Morgan fingerprint density at radius 1 is 0.906 bits per heavy atom. The molecule has 3 rings (SSSR count). The Hall–Kier alpha value is -3.87. The number of hydrogen-bond acceptors (Lipinski definition) is 5. The molecular weight excluding hydrogens is 408 g/mol. The highest BCUT2D eigenvalue weighted by Gasteiger charge is 2.27. The molecule has 3 aromatic carbocycles. The number of benzene rings is 3. The Labute approximate surface area is 186 Å². The summed E-state index contributed by atoms with van der Waals surface area (Å²) < 4.78 is 10.3. The van der Waals surface area contributed by atoms with Gasteiger partial charge in [-0.3, -0.25) is 9.59 Å². The number of methoxy groups -OCH3 is 1. The summed E-state index contributed by atoms with van der Waals surface area (Å²) in [5.74, 6) is -1.15. The van der Waals surface area contributed by atoms with Gasteiger partial charge in [0.15, 0.2) is 6.61 Å². The van der Waals surface area contributed by atoms with E-state index in [-0.39, 0.29) is 5.92 Å². The fourth-order valence-corrected chi connectivity index (χ4v) is 3.21. The Kier molecular flexibility index (Phi) is 7.44. The van der Waals surface area contributed by atoms with E-state index < -0.39 is 30.4 Å². The van der Waals surface area contributed by atoms with E-state index in [1.165, 1.54) is 7.11 Å². The van der Waals surface area contributed by atoms with Crippen LogP contribution in [0.2, 0.25) is 0 Å². The van der Waals surface area contributed by atoms with E-state index in [4.69, 9.17) is 9.47 Å². The van der Waals surface area contributed by atoms with E-state index in [0.29, 0.717) is 17.0 Å². The van der Waals surface area contributed by atoms with Crippen LogP contribution in [0.15, 0.2) is 66.7 Å². The molecule has 0 radical (unpaired) electrons. The van der Waals surface area contributed by atoms with Crippen molar-refractivity contribution in [1.29, 1.82) is 0 Å². The largest absolute Gasteiger partial charge is 0.497 e. The number of carbonyl (C=O) groups excluding carboxylic acids is 3. The van der Waals surface area contributed by atoms with Crippen LogP contribution in [-0.4, -0.2) is 37.5 Å². The third-order valence-electron chi connectivity index (χ3n) is 4.97. The van der Waals surface area contributed by atoms with E-state index in [0.717, 1.165) is 10.8 Å². The van der Waals surface area contributed by atoms with Gasteiger partial charge in [-0.05, 0) is 41.6 Å². The van der Waals surface area contributed by atoms with Crippen molar-refractivity contribution < 1.29 is 23.9 Å². The Bertz CT molecular complexity index is 1100. The van der Waals surface area contributed by atoms with E-state index in [1.54, 1.807) is 44.2 Å². The second-order valence-corrected chi connectivity index (χ2v) is 7.61. The van der Waals surface area contributed by atoms with Gasteiger partial charge >= 0.3 is 5.97 Å². The lowest BCUT2D eigenvalue weighted by Crippen LogP contribution is -2.45. The average molecular weight is 434 g/mol. The molecule has 0 bridgehead atoms. The molecular formula is C25H26N2O5. The normalized spacial score (nSPS) is 11.6. The summed E-state index contributed by atoms with van der Waals surface area (Å²) in [7, 11) is 1.54. The predicted molar refractivity (Wildman–Crippen MR) is 123 cm³/mol. The molecule has 0 saturated heterocycles. The first-order valence-electron chi connectivity index (χ1n) is 10.3. The van der Waals surface area contributed by atoms with Gasteiger partial charge in [-0.15, -0.1) is 0 Å². The van der Waals surface area contributed by atoms with Gasteiger partial charge < -0.3 is 20.1 Å². The molecule has 0 aromatic heterocycles. The second kappa shape index (κ2) is 10.4. The predicted octanol–water partition coefficient (Wildman–Crippen LogP) is 3.78. The highest BCUT2D eigenvalue weighted by molar-refractivity contribution is 6.03. The van der Waals surface area contributed by atoms with Crippen molar-refractivity contribution in [2.24, 2.45) is 5.92 Å². The Balaban J connectivity index is 1.59. The van der Waals surface area contributed by atoms with Crippen LogP contribution in [-0.2, 0) is 14.3 Å². The first-order valence-corrected chi connectivity index (χ1v) is 10.3. The van der Waals surface area contributed by atoms with E-state index in [2.05, 4.69) is 10.6 Å². The number of nitrogens with one attached hydrogen (secondary N) is 2. The van der Waals surface area contributed by atoms with Gasteiger partial charge in [0.25, 0.3) is 11.8 Å². The minimum Gasteiger partial charge on any atom is -0.497 e. The molecule has 0 spiro atoms. The van der Waals surface area contributed by atoms with Crippen LogP contribution >= 0.6 is 0 Å². The van der Waals surface area contributed by atoms with Gasteiger partial charge in [0.2, 0.25) is 0 Å². The van der Waals surface area contributed by atoms with Crippen molar-refractivity contribution in [3.63, 3.8) is 0 Å². The number of carbonyl (C=O) groups is 3. The Morgan fingerprint density at radius 2 is 1.59 bits per heavy atom. The van der Waals surface area contributed by atoms with Gasteiger partial charge in [0, 0.05) is 16.6 Å². The number of amides is 2. The van der Waals surface area contributed by atoms with Crippen LogP contribution in [0, 0.1) is 5.92 Å². The highest BCUT2D eigenvalue weighted by Crippen LogP contribution is 2.22. The summed E-state index contributed by atoms with van der Waals surface area (Å²) in [4.78, 5) is 37.5. The van der Waals surface area contributed by atoms with Crippen LogP contribution in [0.4, 0.5) is 5.69 Å². The molecule has 7 heteroatoms. The number of anilines is 1. The number of rotatable bonds is 8. The summed E-state index contributed by atoms with van der Waals surface area (Å²) in [6.07, 6.45) is 0. The van der Waals surface area contributed by atoms with Crippen LogP contribution in [0.1, 0.15) is 24.2 Å². The van der Waals surface area contributed by atoms with Crippen LogP contribution in [0.5, 0.6) is 5.75 Å². The molecule has 0 aliphatic carbocycles. The standard InChI is InChI=1S/C25H26N2O5/c1-16(2)23(27-24(29)18-11-13-19(31-3)14-12-18)25(30)32-15-22(28)26-21-10-6-8-17-7-4-5-9-20(17)21/h4-14,16,23H,15H2,1-3H3,(H,26,28)(H,27,29)/t23-/m1/s1. The van der Waals surface area contributed by atoms with Crippen LogP contribution in [0.3, 0.4) is 0 Å². The summed E-state index contributed by atoms with van der Waals surface area (Å²) in [6, 6.07) is 18.9. The number of fused-ring (bicyclic) bond motifs is 1. The molecule has 0 saturated carbocycles. The van der Waals surface area contributed by atoms with Crippen molar-refractivity contribution in [1.82, 2.24) is 5.32 Å². The molecule has 3 aromatic rings. The molecule has 2 N–H and O–H groups in total. The number of ether oxygens (including phenoxy) is 2. The average Bonchev–Trinajstić information content (AvgIpc) is 2.81. The third-order valence-corrected chi connectivity index (χ3v) is 4.97. The first-order chi connectivity index (χ1) is 15.4. The molecule has 7 nitrogen and oxygen atoms in total. The van der Waals surface area contributed by atoms with Crippen molar-refractivity contribution in [3.05, 3.63) is 72.3 Å². The number of hydrogen-bond donors (Lipinski definition) is 2. The molecule has 1 atom stereocenters. The third kappa shape index (κ3) is 5.63. The molecule has 0 fully saturated rings. The van der Waals surface area contributed by atoms with E-state index >= 15 is 0 Å². The minimum atomic E-state index is -0.894. The van der Waals surface area contributed by atoms with E-state index in [9.17, 15) is 14.4 Å². The number of esters is 1. The summed E-state index contributed by atoms with van der Waals surface area (Å²) >= 11 is 0. The van der Waals surface area contributed by atoms with Crippen LogP contribution in [0.25, 0.3) is 10.8 Å². The maximum absolute atomic E-state index is 12.6. The SMILES string of the molecule is COc1ccc(C(=O)N[C@@H](C(=O)OCC(=O)Nc2cccc3ccccc23)C(C)C)cc1. The van der Waals surface area contributed by atoms with Crippen LogP contribution < -0.4 is 15.4 Å². The quantitative estimate of drug-likeness (QED) is 0.526. The molecule has 0 aliphatic heterocycles. The van der Waals surface area contributed by atoms with Crippen molar-refractivity contribution in [3.8, 4) is 5.75 Å². The monoisotopic (exact) mass is 434 g/mol. The van der Waals surface area contributed by atoms with Gasteiger partial charge in [-0.25, -0.2) is 4.79 Å². The molecule has 0 aliphatic rings. The lowest BCUT2D eigenvalue weighted by molar-refractivity contribution is -0.150. The van der Waals surface area contributed by atoms with Gasteiger partial charge in [0.1, 0.15) is 11.8 Å². The van der Waals surface area contributed by atoms with Crippen molar-refractivity contribution in [2.45, 2.75) is 19.9 Å². The van der Waals surface area contributed by atoms with Gasteiger partial charge in [0.05, 0.1) is 7.11 Å². The smallest absolute Gasteiger partial charge is 0.329 e. The van der Waals surface area contributed by atoms with Gasteiger partial charge in [-0.2, -0.15) is 0 Å². The van der Waals surface area contributed by atoms with E-state index in [1.807, 2.05) is 36.4 Å². The zero-order chi connectivity index (χ0) is 23.1. The lowest BCUT2D eigenvalue weighted by Gasteiger charge is -2.21. The molecule has 0 unspecified atom stereocenters. The maximum Gasteiger partial charge on any atom is 0.329 e. The van der Waals surface area contributed by atoms with Crippen molar-refractivity contribution in [2.75, 3.05) is 19.0 Å². The second-order valence-electron chi connectivity index (χ2n) is 7.61. The molecule has 2 amide bonds. The summed E-state index contributed by atoms with van der Waals surface area (Å²) in [5, 5.41) is 7.33. The lowest BCUT2D eigenvalue weighted by atomic mass is 10.0. The molecule has 166 valence electrons. The molecule has 32 heavy (non-hydrogen) atoms. The summed E-state index contributed by atoms with van der Waals surface area (Å²) in [5.41, 5.74) is 1.02. The molecule has 0 heterocycles. The zero-order valence-electron chi connectivity index (χ0n) is 18.3. The fraction of sp³-hybridized carbons (Fsp3) is 0.240. The van der Waals surface area contributed by atoms with Gasteiger partial charge in [-0.1, -0.05) is 50.2 Å². The zero-order valence-corrected chi connectivity index (χ0v) is 18.3. The summed E-state index contributed by atoms with van der Waals surface area (Å²) in [6.45, 7) is 3.12. The fourth-order valence-electron chi connectivity index (χ4n) is 3.21. The minimum absolute atomic E-state index is 0.231. The Morgan fingerprint density at radius 3 is 2.28 bits per heavy atom. The van der Waals surface area contributed by atoms with Crippen molar-refractivity contribution >= 4 is 34.2 Å². The first kappa shape index (κ1) is 22.8.